The topological polar surface area (TPSA) is 98.5 Å². The van der Waals surface area contributed by atoms with Gasteiger partial charge in [0.25, 0.3) is 0 Å². The molecule has 0 spiro atoms. The van der Waals surface area contributed by atoms with Gasteiger partial charge >= 0.3 is 6.18 Å². The van der Waals surface area contributed by atoms with Crippen LogP contribution < -0.4 is 21.5 Å². The highest BCUT2D eigenvalue weighted by atomic mass is 35.5. The van der Waals surface area contributed by atoms with Gasteiger partial charge in [0.15, 0.2) is 0 Å². The minimum atomic E-state index is -4.72. The maximum absolute atomic E-state index is 13.7. The van der Waals surface area contributed by atoms with E-state index in [1.54, 1.807) is 18.2 Å². The molecule has 11 heteroatoms. The van der Waals surface area contributed by atoms with Crippen molar-refractivity contribution in [2.75, 3.05) is 7.11 Å². The monoisotopic (exact) mass is 417 g/mol. The smallest absolute Gasteiger partial charge is 0.432 e. The van der Waals surface area contributed by atoms with Crippen molar-refractivity contribution in [1.29, 1.82) is 0 Å². The van der Waals surface area contributed by atoms with Crippen molar-refractivity contribution in [3.63, 3.8) is 0 Å². The zero-order chi connectivity index (χ0) is 19.8. The van der Waals surface area contributed by atoms with Crippen molar-refractivity contribution in [3.05, 3.63) is 46.2 Å². The molecule has 1 aliphatic heterocycles. The number of nitrogens with zero attached hydrogens (tertiary/aromatic N) is 2. The zero-order valence-electron chi connectivity index (χ0n) is 14.0. The van der Waals surface area contributed by atoms with Gasteiger partial charge in [-0.2, -0.15) is 13.2 Å². The Morgan fingerprint density at radius 3 is 2.67 bits per heavy atom. The summed E-state index contributed by atoms with van der Waals surface area (Å²) in [5.74, 6) is -0.00606. The first kappa shape index (κ1) is 19.3. The van der Waals surface area contributed by atoms with E-state index >= 15 is 0 Å². The number of amidine groups is 1. The second kappa shape index (κ2) is 6.93. The number of methoxy groups -OCH3 is 1. The van der Waals surface area contributed by atoms with Crippen LogP contribution in [0.2, 0.25) is 5.02 Å². The van der Waals surface area contributed by atoms with Gasteiger partial charge in [-0.25, -0.2) is 9.98 Å². The number of ether oxygens (including phenoxy) is 1. The Hall–Kier alpha value is -2.46. The zero-order valence-corrected chi connectivity index (χ0v) is 15.5. The number of nitrogens with two attached hydrogens (primary N) is 2. The first-order valence-electron chi connectivity index (χ1n) is 7.59. The minimum Gasteiger partial charge on any atom is -0.495 e. The molecular weight excluding hydrogens is 403 g/mol. The number of alkyl halides is 3. The van der Waals surface area contributed by atoms with Gasteiger partial charge in [0, 0.05) is 29.1 Å². The van der Waals surface area contributed by atoms with E-state index in [0.717, 1.165) is 17.4 Å². The van der Waals surface area contributed by atoms with Gasteiger partial charge in [-0.1, -0.05) is 11.6 Å². The summed E-state index contributed by atoms with van der Waals surface area (Å²) in [5.41, 5.74) is 9.07. The summed E-state index contributed by atoms with van der Waals surface area (Å²) in [5, 5.41) is 3.10. The molecule has 1 aromatic carbocycles. The number of halogens is 4. The molecule has 1 aliphatic rings. The molecule has 0 amide bonds. The number of benzene rings is 1. The SMILES string of the molecule is COc1ccc(-c2ncc(CC3(C(F)(F)F)N=C(N)C=C(N)N3)s2)cc1Cl. The highest BCUT2D eigenvalue weighted by molar-refractivity contribution is 7.15. The molecule has 144 valence electrons. The molecular formula is C16H15ClF3N5OS. The molecule has 1 aromatic heterocycles. The average molecular weight is 418 g/mol. The molecule has 1 atom stereocenters. The molecule has 2 heterocycles. The molecule has 0 fully saturated rings. The molecule has 1 unspecified atom stereocenters. The van der Waals surface area contributed by atoms with Crippen LogP contribution in [-0.4, -0.2) is 29.8 Å². The second-order valence-corrected chi connectivity index (χ2v) is 7.30. The summed E-state index contributed by atoms with van der Waals surface area (Å²) in [6, 6.07) is 5.02. The Bertz CT molecular complexity index is 927. The molecule has 6 nitrogen and oxygen atoms in total. The summed E-state index contributed by atoms with van der Waals surface area (Å²) in [6.07, 6.45) is -2.72. The van der Waals surface area contributed by atoms with Crippen molar-refractivity contribution in [2.24, 2.45) is 16.5 Å². The van der Waals surface area contributed by atoms with Crippen LogP contribution in [0.4, 0.5) is 13.2 Å². The van der Waals surface area contributed by atoms with Gasteiger partial charge in [-0.3, -0.25) is 0 Å². The lowest BCUT2D eigenvalue weighted by atomic mass is 10.0. The molecule has 0 saturated heterocycles. The summed E-state index contributed by atoms with van der Waals surface area (Å²) in [6.45, 7) is 0. The average Bonchev–Trinajstić information content (AvgIpc) is 3.01. The predicted octanol–water partition coefficient (Wildman–Crippen LogP) is 3.03. The van der Waals surface area contributed by atoms with Crippen LogP contribution in [0.3, 0.4) is 0 Å². The van der Waals surface area contributed by atoms with E-state index in [1.807, 2.05) is 0 Å². The van der Waals surface area contributed by atoms with Crippen LogP contribution in [0.25, 0.3) is 10.6 Å². The second-order valence-electron chi connectivity index (χ2n) is 5.78. The number of hydrogen-bond donors (Lipinski definition) is 3. The van der Waals surface area contributed by atoms with E-state index in [4.69, 9.17) is 27.8 Å². The predicted molar refractivity (Wildman–Crippen MR) is 98.6 cm³/mol. The van der Waals surface area contributed by atoms with Gasteiger partial charge in [-0.15, -0.1) is 11.3 Å². The fourth-order valence-corrected chi connectivity index (χ4v) is 3.85. The number of thiazole rings is 1. The van der Waals surface area contributed by atoms with Gasteiger partial charge in [0.2, 0.25) is 5.66 Å². The molecule has 0 aliphatic carbocycles. The maximum Gasteiger partial charge on any atom is 0.432 e. The fraction of sp³-hybridized carbons (Fsp3) is 0.250. The van der Waals surface area contributed by atoms with Crippen LogP contribution in [0.5, 0.6) is 5.75 Å². The fourth-order valence-electron chi connectivity index (χ4n) is 2.61. The molecule has 27 heavy (non-hydrogen) atoms. The number of nitrogens with one attached hydrogen (secondary N) is 1. The highest BCUT2D eigenvalue weighted by Gasteiger charge is 2.57. The van der Waals surface area contributed by atoms with Gasteiger partial charge in [0.1, 0.15) is 22.4 Å². The number of rotatable bonds is 4. The van der Waals surface area contributed by atoms with Crippen LogP contribution in [0.1, 0.15) is 4.88 Å². The summed E-state index contributed by atoms with van der Waals surface area (Å²) < 4.78 is 46.3. The van der Waals surface area contributed by atoms with Crippen molar-refractivity contribution < 1.29 is 17.9 Å². The third kappa shape index (κ3) is 3.81. The largest absolute Gasteiger partial charge is 0.495 e. The normalized spacial score (nSPS) is 19.9. The molecule has 0 radical (unpaired) electrons. The molecule has 5 N–H and O–H groups in total. The Morgan fingerprint density at radius 2 is 2.07 bits per heavy atom. The minimum absolute atomic E-state index is 0.202. The van der Waals surface area contributed by atoms with Crippen molar-refractivity contribution in [1.82, 2.24) is 10.3 Å². The Morgan fingerprint density at radius 1 is 1.33 bits per heavy atom. The standard InChI is InChI=1S/C16H15ClF3N5OS/c1-26-11-3-2-8(4-10(11)17)14-23-7-9(27-14)6-15(16(18,19)20)24-12(21)5-13(22)25-15/h2-5,7,24H,6,21H2,1H3,(H2,22,25). The molecule has 0 bridgehead atoms. The number of hydrogen-bond acceptors (Lipinski definition) is 7. The number of aliphatic imine (C=N–C) groups is 1. The van der Waals surface area contributed by atoms with Crippen molar-refractivity contribution in [3.8, 4) is 16.3 Å². The quantitative estimate of drug-likeness (QED) is 0.710. The van der Waals surface area contributed by atoms with E-state index in [1.165, 1.54) is 13.3 Å². The van der Waals surface area contributed by atoms with Crippen LogP contribution >= 0.6 is 22.9 Å². The lowest BCUT2D eigenvalue weighted by Gasteiger charge is -2.35. The van der Waals surface area contributed by atoms with Gasteiger partial charge in [-0.05, 0) is 18.2 Å². The third-order valence-corrected chi connectivity index (χ3v) is 5.17. The Kier molecular flexibility index (Phi) is 4.96. The molecule has 2 aromatic rings. The number of aromatic nitrogens is 1. The molecule has 3 rings (SSSR count). The van der Waals surface area contributed by atoms with E-state index in [0.29, 0.717) is 26.2 Å². The van der Waals surface area contributed by atoms with Gasteiger partial charge < -0.3 is 21.5 Å². The van der Waals surface area contributed by atoms with Crippen LogP contribution in [-0.2, 0) is 6.42 Å². The third-order valence-electron chi connectivity index (χ3n) is 3.83. The van der Waals surface area contributed by atoms with E-state index in [9.17, 15) is 13.2 Å². The highest BCUT2D eigenvalue weighted by Crippen LogP contribution is 2.39. The summed E-state index contributed by atoms with van der Waals surface area (Å²) in [4.78, 5) is 8.15. The van der Waals surface area contributed by atoms with Crippen molar-refractivity contribution >= 4 is 28.8 Å². The summed E-state index contributed by atoms with van der Waals surface area (Å²) >= 11 is 7.20. The first-order valence-corrected chi connectivity index (χ1v) is 8.79. The summed E-state index contributed by atoms with van der Waals surface area (Å²) in [7, 11) is 1.49. The van der Waals surface area contributed by atoms with Crippen LogP contribution in [0.15, 0.2) is 41.3 Å². The maximum atomic E-state index is 13.7. The Balaban J connectivity index is 1.92. The Labute approximate surface area is 161 Å². The van der Waals surface area contributed by atoms with Crippen LogP contribution in [0, 0.1) is 0 Å². The first-order chi connectivity index (χ1) is 12.6. The molecule has 0 saturated carbocycles. The van der Waals surface area contributed by atoms with E-state index in [2.05, 4.69) is 15.3 Å². The van der Waals surface area contributed by atoms with E-state index in [-0.39, 0.29) is 11.7 Å². The van der Waals surface area contributed by atoms with Crippen molar-refractivity contribution in [2.45, 2.75) is 18.3 Å². The lowest BCUT2D eigenvalue weighted by molar-refractivity contribution is -0.192. The lowest BCUT2D eigenvalue weighted by Crippen LogP contribution is -2.60. The van der Waals surface area contributed by atoms with Gasteiger partial charge in [0.05, 0.1) is 12.1 Å². The van der Waals surface area contributed by atoms with E-state index < -0.39 is 18.3 Å².